The molecule has 0 aliphatic rings. The van der Waals surface area contributed by atoms with Gasteiger partial charge < -0.3 is 10.8 Å². The van der Waals surface area contributed by atoms with Crippen molar-refractivity contribution < 1.29 is 5.11 Å². The van der Waals surface area contributed by atoms with Gasteiger partial charge in [-0.2, -0.15) is 0 Å². The summed E-state index contributed by atoms with van der Waals surface area (Å²) in [5.74, 6) is 0.198. The Morgan fingerprint density at radius 3 is 1.05 bits per heavy atom. The Bertz CT molecular complexity index is 599. The Hall–Kier alpha value is -1.18. The van der Waals surface area contributed by atoms with Gasteiger partial charge in [0.05, 0.1) is 5.69 Å². The maximum Gasteiger partial charge on any atom is 0.138 e. The van der Waals surface area contributed by atoms with Crippen LogP contribution < -0.4 is 5.73 Å². The van der Waals surface area contributed by atoms with Crippen molar-refractivity contribution in [2.75, 3.05) is 5.73 Å². The van der Waals surface area contributed by atoms with Gasteiger partial charge in [0.2, 0.25) is 0 Å². The van der Waals surface area contributed by atoms with E-state index in [-0.39, 0.29) is 5.75 Å². The molecule has 0 unspecified atom stereocenters. The second-order valence-electron chi connectivity index (χ2n) is 11.8. The second kappa shape index (κ2) is 26.4. The van der Waals surface area contributed by atoms with Crippen molar-refractivity contribution in [3.63, 3.8) is 0 Å². The van der Waals surface area contributed by atoms with Crippen molar-refractivity contribution in [3.05, 3.63) is 23.8 Å². The van der Waals surface area contributed by atoms with Gasteiger partial charge in [-0.3, -0.25) is 0 Å². The number of unbranched alkanes of at least 4 members (excludes halogenated alkanes) is 26. The summed E-state index contributed by atoms with van der Waals surface area (Å²) in [6.07, 6.45) is 39.9. The van der Waals surface area contributed by atoms with Gasteiger partial charge in [0.25, 0.3) is 0 Å². The number of nitrogens with two attached hydrogens (primary N) is 1. The third-order valence-corrected chi connectivity index (χ3v) is 8.16. The molecule has 1 rings (SSSR count). The van der Waals surface area contributed by atoms with Crippen LogP contribution in [0, 0.1) is 0 Å². The van der Waals surface area contributed by atoms with Crippen LogP contribution in [0.25, 0.3) is 0 Å². The van der Waals surface area contributed by atoms with Crippen molar-refractivity contribution in [2.45, 2.75) is 187 Å². The molecule has 0 heterocycles. The van der Waals surface area contributed by atoms with Crippen molar-refractivity contribution in [3.8, 4) is 5.75 Å². The lowest BCUT2D eigenvalue weighted by Crippen LogP contribution is -1.91. The molecule has 0 aliphatic carbocycles. The first-order valence-corrected chi connectivity index (χ1v) is 16.8. The summed E-state index contributed by atoms with van der Waals surface area (Å²) in [4.78, 5) is 0. The van der Waals surface area contributed by atoms with E-state index >= 15 is 0 Å². The first-order chi connectivity index (χ1) is 18.2. The van der Waals surface area contributed by atoms with E-state index in [0.717, 1.165) is 6.42 Å². The number of aryl methyl sites for hydroxylation is 1. The van der Waals surface area contributed by atoms with Gasteiger partial charge in [-0.1, -0.05) is 180 Å². The molecule has 0 atom stereocenters. The molecular formula is C35H65NO. The van der Waals surface area contributed by atoms with E-state index in [1.165, 1.54) is 179 Å². The smallest absolute Gasteiger partial charge is 0.138 e. The molecule has 0 fully saturated rings. The lowest BCUT2D eigenvalue weighted by atomic mass is 10.0. The molecule has 2 nitrogen and oxygen atoms in total. The van der Waals surface area contributed by atoms with Gasteiger partial charge in [-0.25, -0.2) is 0 Å². The number of hydrogen-bond donors (Lipinski definition) is 2. The fourth-order valence-corrected chi connectivity index (χ4v) is 5.58. The van der Waals surface area contributed by atoms with E-state index < -0.39 is 0 Å². The zero-order valence-corrected chi connectivity index (χ0v) is 25.1. The first-order valence-electron chi connectivity index (χ1n) is 16.8. The molecular weight excluding hydrogens is 450 g/mol. The highest BCUT2D eigenvalue weighted by molar-refractivity contribution is 5.53. The number of nitrogen functional groups attached to an aromatic ring is 1. The molecule has 0 bridgehead atoms. The number of benzene rings is 1. The third-order valence-electron chi connectivity index (χ3n) is 8.16. The largest absolute Gasteiger partial charge is 0.506 e. The topological polar surface area (TPSA) is 46.2 Å². The molecule has 216 valence electrons. The monoisotopic (exact) mass is 516 g/mol. The number of rotatable bonds is 28. The number of anilines is 1. The number of phenols is 1. The predicted molar refractivity (Wildman–Crippen MR) is 167 cm³/mol. The molecule has 0 spiro atoms. The molecule has 3 N–H and O–H groups in total. The highest BCUT2D eigenvalue weighted by Gasteiger charge is 2.00. The lowest BCUT2D eigenvalue weighted by molar-refractivity contribution is 0.477. The molecule has 0 aliphatic heterocycles. The van der Waals surface area contributed by atoms with Gasteiger partial charge >= 0.3 is 0 Å². The maximum atomic E-state index is 9.49. The van der Waals surface area contributed by atoms with Crippen LogP contribution in [-0.2, 0) is 6.42 Å². The number of aromatic hydroxyl groups is 1. The zero-order valence-electron chi connectivity index (χ0n) is 25.1. The molecule has 1 aromatic carbocycles. The Morgan fingerprint density at radius 1 is 0.459 bits per heavy atom. The fraction of sp³-hybridized carbons (Fsp3) is 0.829. The van der Waals surface area contributed by atoms with E-state index in [0.29, 0.717) is 5.69 Å². The molecule has 1 aromatic rings. The summed E-state index contributed by atoms with van der Waals surface area (Å²) in [6, 6.07) is 5.62. The Morgan fingerprint density at radius 2 is 0.757 bits per heavy atom. The van der Waals surface area contributed by atoms with Crippen LogP contribution in [0.3, 0.4) is 0 Å². The van der Waals surface area contributed by atoms with Gasteiger partial charge in [0, 0.05) is 0 Å². The van der Waals surface area contributed by atoms with Crippen molar-refractivity contribution in [1.29, 1.82) is 0 Å². The summed E-state index contributed by atoms with van der Waals surface area (Å²) in [7, 11) is 0. The highest BCUT2D eigenvalue weighted by atomic mass is 16.3. The van der Waals surface area contributed by atoms with Crippen LogP contribution in [0.1, 0.15) is 186 Å². The van der Waals surface area contributed by atoms with E-state index in [2.05, 4.69) is 6.92 Å². The van der Waals surface area contributed by atoms with Gasteiger partial charge in [-0.05, 0) is 30.5 Å². The fourth-order valence-electron chi connectivity index (χ4n) is 5.58. The Balaban J connectivity index is 1.67. The Labute approximate surface area is 232 Å². The zero-order chi connectivity index (χ0) is 26.7. The van der Waals surface area contributed by atoms with E-state index in [1.54, 1.807) is 6.07 Å². The average molecular weight is 516 g/mol. The van der Waals surface area contributed by atoms with E-state index in [9.17, 15) is 5.11 Å². The van der Waals surface area contributed by atoms with Crippen LogP contribution in [0.2, 0.25) is 0 Å². The van der Waals surface area contributed by atoms with Crippen molar-refractivity contribution >= 4 is 5.69 Å². The molecule has 0 saturated heterocycles. The van der Waals surface area contributed by atoms with Gasteiger partial charge in [0.1, 0.15) is 5.75 Å². The maximum absolute atomic E-state index is 9.49. The van der Waals surface area contributed by atoms with E-state index in [4.69, 9.17) is 5.73 Å². The molecule has 0 amide bonds. The SMILES string of the molecule is CCCCCCCCCCCCCCCCCCCCCCCCCCCCCc1ccc(O)c(N)c1. The normalized spacial score (nSPS) is 11.4. The minimum atomic E-state index is 0.198. The first kappa shape index (κ1) is 33.8. The standard InChI is InChI=1S/C35H65NO/c1-2-3-4-5-6-7-8-9-10-11-12-13-14-15-16-17-18-19-20-21-22-23-24-25-26-27-28-29-33-30-31-35(37)34(36)32-33/h30-32,37H,2-29,36H2,1H3. The van der Waals surface area contributed by atoms with E-state index in [1.807, 2.05) is 12.1 Å². The van der Waals surface area contributed by atoms with Crippen LogP contribution in [0.5, 0.6) is 5.75 Å². The van der Waals surface area contributed by atoms with Gasteiger partial charge in [0.15, 0.2) is 0 Å². The summed E-state index contributed by atoms with van der Waals surface area (Å²) >= 11 is 0. The summed E-state index contributed by atoms with van der Waals surface area (Å²) in [5.41, 5.74) is 7.52. The second-order valence-corrected chi connectivity index (χ2v) is 11.8. The number of hydrogen-bond acceptors (Lipinski definition) is 2. The molecule has 2 heteroatoms. The average Bonchev–Trinajstić information content (AvgIpc) is 2.90. The predicted octanol–water partition coefficient (Wildman–Crippen LogP) is 12.1. The minimum absolute atomic E-state index is 0.198. The molecule has 0 aromatic heterocycles. The summed E-state index contributed by atoms with van der Waals surface area (Å²) in [5, 5.41) is 9.49. The van der Waals surface area contributed by atoms with Crippen LogP contribution in [0.4, 0.5) is 5.69 Å². The molecule has 0 radical (unpaired) electrons. The third kappa shape index (κ3) is 22.5. The van der Waals surface area contributed by atoms with Crippen molar-refractivity contribution in [2.24, 2.45) is 0 Å². The highest BCUT2D eigenvalue weighted by Crippen LogP contribution is 2.22. The lowest BCUT2D eigenvalue weighted by Gasteiger charge is -2.05. The summed E-state index contributed by atoms with van der Waals surface area (Å²) in [6.45, 7) is 2.30. The molecule has 37 heavy (non-hydrogen) atoms. The van der Waals surface area contributed by atoms with Crippen LogP contribution >= 0.6 is 0 Å². The van der Waals surface area contributed by atoms with Crippen molar-refractivity contribution in [1.82, 2.24) is 0 Å². The Kier molecular flexibility index (Phi) is 24.2. The van der Waals surface area contributed by atoms with Gasteiger partial charge in [-0.15, -0.1) is 0 Å². The van der Waals surface area contributed by atoms with Crippen LogP contribution in [-0.4, -0.2) is 5.11 Å². The van der Waals surface area contributed by atoms with Crippen LogP contribution in [0.15, 0.2) is 18.2 Å². The summed E-state index contributed by atoms with van der Waals surface area (Å²) < 4.78 is 0. The number of phenolic OH excluding ortho intramolecular Hbond substituents is 1. The quantitative estimate of drug-likeness (QED) is 0.0662. The minimum Gasteiger partial charge on any atom is -0.506 e. The molecule has 0 saturated carbocycles.